The monoisotopic (exact) mass is 286 g/mol. The molecule has 1 heterocycles. The van der Waals surface area contributed by atoms with E-state index in [1.54, 1.807) is 0 Å². The normalized spacial score (nSPS) is 29.4. The lowest BCUT2D eigenvalue weighted by Gasteiger charge is -2.17. The number of cyclic esters (lactones) is 1. The Kier molecular flexibility index (Phi) is 9.67. The molecule has 2 atom stereocenters. The first kappa shape index (κ1) is 17.4. The Balaban J connectivity index is 2.27. The zero-order chi connectivity index (χ0) is 14.6. The van der Waals surface area contributed by atoms with E-state index in [1.165, 1.54) is 0 Å². The number of esters is 1. The quantitative estimate of drug-likeness (QED) is 0.672. The van der Waals surface area contributed by atoms with E-state index < -0.39 is 12.2 Å². The van der Waals surface area contributed by atoms with Crippen molar-refractivity contribution in [2.24, 2.45) is 0 Å². The van der Waals surface area contributed by atoms with Crippen LogP contribution in [0.15, 0.2) is 0 Å². The topological polar surface area (TPSA) is 66.8 Å². The summed E-state index contributed by atoms with van der Waals surface area (Å²) in [4.78, 5) is 11.4. The zero-order valence-electron chi connectivity index (χ0n) is 12.6. The van der Waals surface area contributed by atoms with E-state index in [9.17, 15) is 15.0 Å². The molecule has 0 amide bonds. The highest BCUT2D eigenvalue weighted by Gasteiger charge is 2.15. The first-order chi connectivity index (χ1) is 9.70. The van der Waals surface area contributed by atoms with Gasteiger partial charge in [0, 0.05) is 6.42 Å². The number of carbonyl (C=O) groups is 1. The number of ether oxygens (including phenoxy) is 1. The molecule has 1 unspecified atom stereocenters. The van der Waals surface area contributed by atoms with Gasteiger partial charge in [-0.2, -0.15) is 0 Å². The lowest BCUT2D eigenvalue weighted by atomic mass is 10.00. The van der Waals surface area contributed by atoms with Gasteiger partial charge in [0.1, 0.15) is 0 Å². The molecule has 20 heavy (non-hydrogen) atoms. The van der Waals surface area contributed by atoms with Crippen LogP contribution in [0, 0.1) is 0 Å². The van der Waals surface area contributed by atoms with Gasteiger partial charge in [-0.05, 0) is 25.7 Å². The Hall–Kier alpha value is -0.610. The molecule has 0 aromatic rings. The van der Waals surface area contributed by atoms with Gasteiger partial charge in [0.2, 0.25) is 0 Å². The molecule has 0 radical (unpaired) electrons. The molecule has 0 spiro atoms. The number of rotatable bonds is 0. The van der Waals surface area contributed by atoms with Crippen LogP contribution in [0.4, 0.5) is 0 Å². The predicted molar refractivity (Wildman–Crippen MR) is 78.4 cm³/mol. The van der Waals surface area contributed by atoms with Gasteiger partial charge in [-0.15, -0.1) is 0 Å². The van der Waals surface area contributed by atoms with Gasteiger partial charge in [0.15, 0.2) is 0 Å². The summed E-state index contributed by atoms with van der Waals surface area (Å²) in [6.45, 7) is 0.518. The molecule has 2 N–H and O–H groups in total. The van der Waals surface area contributed by atoms with Gasteiger partial charge < -0.3 is 14.9 Å². The summed E-state index contributed by atoms with van der Waals surface area (Å²) in [6, 6.07) is 0. The molecule has 0 bridgehead atoms. The molecule has 1 aliphatic rings. The molecule has 118 valence electrons. The minimum absolute atomic E-state index is 0.0693. The standard InChI is InChI=1S/C16H30O4/c17-14-10-6-2-1-3-8-12-16(19)20-13-9-5-4-7-11-15(14)18/h14-15,17-18H,1-13H2/t14?,15-/m0/s1. The van der Waals surface area contributed by atoms with Gasteiger partial charge in [-0.3, -0.25) is 4.79 Å². The molecule has 1 aliphatic heterocycles. The number of hydrogen-bond donors (Lipinski definition) is 2. The average Bonchev–Trinajstić information content (AvgIpc) is 2.44. The second-order valence-electron chi connectivity index (χ2n) is 5.86. The average molecular weight is 286 g/mol. The first-order valence-corrected chi connectivity index (χ1v) is 8.22. The molecular formula is C16H30O4. The molecule has 0 saturated carbocycles. The minimum atomic E-state index is -0.580. The maximum absolute atomic E-state index is 11.4. The van der Waals surface area contributed by atoms with Crippen LogP contribution in [0.2, 0.25) is 0 Å². The SMILES string of the molecule is O=C1CCCCCCCC(O)[C@@H](O)CCCCCCO1. The van der Waals surface area contributed by atoms with Crippen LogP contribution >= 0.6 is 0 Å². The first-order valence-electron chi connectivity index (χ1n) is 8.22. The summed E-state index contributed by atoms with van der Waals surface area (Å²) in [5.74, 6) is -0.0693. The van der Waals surface area contributed by atoms with E-state index in [2.05, 4.69) is 0 Å². The van der Waals surface area contributed by atoms with E-state index >= 15 is 0 Å². The summed E-state index contributed by atoms with van der Waals surface area (Å²) < 4.78 is 5.18. The van der Waals surface area contributed by atoms with E-state index in [0.717, 1.165) is 57.8 Å². The Labute approximate surface area is 122 Å². The fraction of sp³-hybridized carbons (Fsp3) is 0.938. The lowest BCUT2D eigenvalue weighted by Crippen LogP contribution is -2.25. The van der Waals surface area contributed by atoms with E-state index in [1.807, 2.05) is 0 Å². The summed E-state index contributed by atoms with van der Waals surface area (Å²) in [5.41, 5.74) is 0. The third kappa shape index (κ3) is 8.54. The van der Waals surface area contributed by atoms with Crippen LogP contribution in [0.1, 0.15) is 77.0 Å². The van der Waals surface area contributed by atoms with Crippen molar-refractivity contribution in [2.45, 2.75) is 89.3 Å². The second kappa shape index (κ2) is 11.1. The van der Waals surface area contributed by atoms with Crippen molar-refractivity contribution in [3.8, 4) is 0 Å². The van der Waals surface area contributed by atoms with Gasteiger partial charge in [-0.1, -0.05) is 44.9 Å². The van der Waals surface area contributed by atoms with Gasteiger partial charge >= 0.3 is 5.97 Å². The Morgan fingerprint density at radius 2 is 1.25 bits per heavy atom. The molecule has 4 heteroatoms. The smallest absolute Gasteiger partial charge is 0.305 e. The number of aliphatic hydroxyl groups is 2. The summed E-state index contributed by atoms with van der Waals surface area (Å²) in [5, 5.41) is 19.7. The van der Waals surface area contributed by atoms with Crippen LogP contribution in [0.5, 0.6) is 0 Å². The minimum Gasteiger partial charge on any atom is -0.466 e. The highest BCUT2D eigenvalue weighted by atomic mass is 16.5. The van der Waals surface area contributed by atoms with Crippen LogP contribution in [0.25, 0.3) is 0 Å². The highest BCUT2D eigenvalue weighted by molar-refractivity contribution is 5.69. The molecular weight excluding hydrogens is 256 g/mol. The second-order valence-corrected chi connectivity index (χ2v) is 5.86. The van der Waals surface area contributed by atoms with Crippen molar-refractivity contribution in [1.29, 1.82) is 0 Å². The van der Waals surface area contributed by atoms with Crippen LogP contribution in [-0.4, -0.2) is 35.0 Å². The molecule has 0 aromatic carbocycles. The van der Waals surface area contributed by atoms with Gasteiger partial charge in [-0.25, -0.2) is 0 Å². The fourth-order valence-electron chi connectivity index (χ4n) is 2.61. The van der Waals surface area contributed by atoms with Crippen LogP contribution in [0.3, 0.4) is 0 Å². The maximum Gasteiger partial charge on any atom is 0.305 e. The largest absolute Gasteiger partial charge is 0.466 e. The van der Waals surface area contributed by atoms with Crippen molar-refractivity contribution in [3.63, 3.8) is 0 Å². The molecule has 1 saturated heterocycles. The summed E-state index contributed by atoms with van der Waals surface area (Å²) >= 11 is 0. The summed E-state index contributed by atoms with van der Waals surface area (Å²) in [6.07, 6.45) is 9.58. The molecule has 1 fully saturated rings. The molecule has 4 nitrogen and oxygen atoms in total. The van der Waals surface area contributed by atoms with E-state index in [0.29, 0.717) is 25.9 Å². The van der Waals surface area contributed by atoms with Crippen LogP contribution < -0.4 is 0 Å². The van der Waals surface area contributed by atoms with Crippen molar-refractivity contribution in [3.05, 3.63) is 0 Å². The molecule has 1 rings (SSSR count). The fourth-order valence-corrected chi connectivity index (χ4v) is 2.61. The van der Waals surface area contributed by atoms with Gasteiger partial charge in [0.05, 0.1) is 18.8 Å². The molecule has 0 aromatic heterocycles. The Morgan fingerprint density at radius 3 is 1.90 bits per heavy atom. The Bertz CT molecular complexity index is 231. The Morgan fingerprint density at radius 1 is 0.750 bits per heavy atom. The number of hydrogen-bond acceptors (Lipinski definition) is 4. The van der Waals surface area contributed by atoms with E-state index in [4.69, 9.17) is 4.74 Å². The van der Waals surface area contributed by atoms with Crippen LogP contribution in [-0.2, 0) is 9.53 Å². The van der Waals surface area contributed by atoms with Crippen molar-refractivity contribution in [1.82, 2.24) is 0 Å². The maximum atomic E-state index is 11.4. The van der Waals surface area contributed by atoms with Gasteiger partial charge in [0.25, 0.3) is 0 Å². The number of aliphatic hydroxyl groups excluding tert-OH is 2. The highest BCUT2D eigenvalue weighted by Crippen LogP contribution is 2.15. The van der Waals surface area contributed by atoms with E-state index in [-0.39, 0.29) is 5.97 Å². The zero-order valence-corrected chi connectivity index (χ0v) is 12.6. The lowest BCUT2D eigenvalue weighted by molar-refractivity contribution is -0.143. The van der Waals surface area contributed by atoms with Crippen molar-refractivity contribution < 1.29 is 19.7 Å². The number of carbonyl (C=O) groups excluding carboxylic acids is 1. The third-order valence-electron chi connectivity index (χ3n) is 3.98. The van der Waals surface area contributed by atoms with Crippen molar-refractivity contribution in [2.75, 3.05) is 6.61 Å². The van der Waals surface area contributed by atoms with Crippen molar-refractivity contribution >= 4 is 5.97 Å². The summed E-state index contributed by atoms with van der Waals surface area (Å²) in [7, 11) is 0. The predicted octanol–water partition coefficient (Wildman–Crippen LogP) is 2.95. The molecule has 0 aliphatic carbocycles. The third-order valence-corrected chi connectivity index (χ3v) is 3.98.